The topological polar surface area (TPSA) is 87.2 Å². The minimum Gasteiger partial charge on any atom is -0.480 e. The van der Waals surface area contributed by atoms with Crippen molar-refractivity contribution < 1.29 is 50.6 Å². The van der Waals surface area contributed by atoms with Gasteiger partial charge in [0.05, 0.1) is 31.3 Å². The number of rotatable bonds is 8. The fourth-order valence-corrected chi connectivity index (χ4v) is 4.67. The van der Waals surface area contributed by atoms with E-state index in [0.717, 1.165) is 12.7 Å². The number of alkyl halides is 6. The number of methoxy groups -OCH3 is 1. The normalized spacial score (nSPS) is 18.2. The van der Waals surface area contributed by atoms with E-state index in [1.807, 2.05) is 0 Å². The van der Waals surface area contributed by atoms with Gasteiger partial charge in [0.25, 0.3) is 5.91 Å². The Morgan fingerprint density at radius 1 is 0.974 bits per heavy atom. The molecule has 0 saturated carbocycles. The fourth-order valence-electron chi connectivity index (χ4n) is 4.67. The molecule has 0 radical (unpaired) electrons. The first kappa shape index (κ1) is 29.9. The van der Waals surface area contributed by atoms with Crippen LogP contribution in [-0.4, -0.2) is 71.6 Å². The number of nitrogens with zero attached hydrogens (tertiary/aromatic N) is 2. The van der Waals surface area contributed by atoms with Crippen LogP contribution < -0.4 is 0 Å². The second kappa shape index (κ2) is 12.1. The molecule has 1 heterocycles. The lowest BCUT2D eigenvalue weighted by atomic mass is 9.90. The molecule has 212 valence electrons. The number of carboxylic acid groups (broad SMARTS) is 1. The molecule has 3 rings (SSSR count). The molecule has 1 saturated heterocycles. The lowest BCUT2D eigenvalue weighted by Crippen LogP contribution is -2.54. The first-order chi connectivity index (χ1) is 18.2. The van der Waals surface area contributed by atoms with Crippen molar-refractivity contribution in [1.29, 1.82) is 0 Å². The van der Waals surface area contributed by atoms with Gasteiger partial charge >= 0.3 is 24.3 Å². The predicted octanol–water partition coefficient (Wildman–Crippen LogP) is 4.50. The fraction of sp³-hybridized carbons (Fsp3) is 0.423. The quantitative estimate of drug-likeness (QED) is 0.378. The van der Waals surface area contributed by atoms with Crippen molar-refractivity contribution in [3.8, 4) is 0 Å². The Balaban J connectivity index is 1.98. The number of likely N-dealkylation sites (tertiary alicyclic amines) is 1. The van der Waals surface area contributed by atoms with E-state index < -0.39 is 65.5 Å². The maximum Gasteiger partial charge on any atom is 0.416 e. The zero-order valence-electron chi connectivity index (χ0n) is 20.8. The maximum absolute atomic E-state index is 13.4. The van der Waals surface area contributed by atoms with Crippen molar-refractivity contribution in [2.24, 2.45) is 0 Å². The summed E-state index contributed by atoms with van der Waals surface area (Å²) in [6, 6.07) is 8.25. The summed E-state index contributed by atoms with van der Waals surface area (Å²) >= 11 is 0. The summed E-state index contributed by atoms with van der Waals surface area (Å²) < 4.78 is 85.0. The highest BCUT2D eigenvalue weighted by Crippen LogP contribution is 2.37. The number of carbonyl (C=O) groups is 3. The highest BCUT2D eigenvalue weighted by atomic mass is 19.4. The second-order valence-corrected chi connectivity index (χ2v) is 9.19. The number of carboxylic acids is 1. The molecule has 1 N–H and O–H groups in total. The summed E-state index contributed by atoms with van der Waals surface area (Å²) in [5.74, 6) is -2.90. The van der Waals surface area contributed by atoms with Gasteiger partial charge in [-0.15, -0.1) is 0 Å². The molecule has 7 nitrogen and oxygen atoms in total. The number of ether oxygens (including phenoxy) is 1. The lowest BCUT2D eigenvalue weighted by molar-refractivity contribution is -0.146. The molecule has 1 aliphatic heterocycles. The van der Waals surface area contributed by atoms with Crippen LogP contribution in [0.2, 0.25) is 0 Å². The molecule has 2 unspecified atom stereocenters. The number of aliphatic carboxylic acids is 1. The van der Waals surface area contributed by atoms with Crippen molar-refractivity contribution in [2.75, 3.05) is 26.7 Å². The Hall–Kier alpha value is -3.61. The molecule has 2 atom stereocenters. The Labute approximate surface area is 219 Å². The van der Waals surface area contributed by atoms with Crippen LogP contribution in [0.3, 0.4) is 0 Å². The van der Waals surface area contributed by atoms with Crippen LogP contribution in [0.15, 0.2) is 48.5 Å². The van der Waals surface area contributed by atoms with E-state index in [0.29, 0.717) is 12.1 Å². The van der Waals surface area contributed by atoms with Gasteiger partial charge in [-0.25, -0.2) is 0 Å². The molecule has 39 heavy (non-hydrogen) atoms. The van der Waals surface area contributed by atoms with Gasteiger partial charge in [-0.3, -0.25) is 19.3 Å². The number of esters is 1. The van der Waals surface area contributed by atoms with E-state index in [1.54, 1.807) is 30.3 Å². The summed E-state index contributed by atoms with van der Waals surface area (Å²) in [7, 11) is 1.14. The van der Waals surface area contributed by atoms with Gasteiger partial charge in [0.2, 0.25) is 0 Å². The van der Waals surface area contributed by atoms with E-state index >= 15 is 0 Å². The Bertz CT molecular complexity index is 1150. The first-order valence-electron chi connectivity index (χ1n) is 11.9. The highest BCUT2D eigenvalue weighted by Gasteiger charge is 2.40. The van der Waals surface area contributed by atoms with Gasteiger partial charge < -0.3 is 14.7 Å². The molecule has 0 bridgehead atoms. The first-order valence-corrected chi connectivity index (χ1v) is 11.9. The predicted molar refractivity (Wildman–Crippen MR) is 126 cm³/mol. The summed E-state index contributed by atoms with van der Waals surface area (Å²) in [5.41, 5.74) is -3.20. The number of carbonyl (C=O) groups excluding carboxylic acids is 2. The van der Waals surface area contributed by atoms with Crippen LogP contribution in [0, 0.1) is 0 Å². The molecular weight excluding hydrogens is 534 g/mol. The second-order valence-electron chi connectivity index (χ2n) is 9.19. The number of hydrogen-bond donors (Lipinski definition) is 1. The Morgan fingerprint density at radius 3 is 2.08 bits per heavy atom. The average Bonchev–Trinajstić information content (AvgIpc) is 2.87. The molecule has 1 amide bonds. The van der Waals surface area contributed by atoms with E-state index in [9.17, 15) is 45.8 Å². The number of amides is 1. The minimum absolute atomic E-state index is 0.0406. The average molecular weight is 560 g/mol. The van der Waals surface area contributed by atoms with Crippen LogP contribution in [-0.2, 0) is 33.1 Å². The summed E-state index contributed by atoms with van der Waals surface area (Å²) in [6.07, 6.45) is -9.77. The van der Waals surface area contributed by atoms with Crippen molar-refractivity contribution in [1.82, 2.24) is 9.80 Å². The van der Waals surface area contributed by atoms with E-state index in [4.69, 9.17) is 0 Å². The van der Waals surface area contributed by atoms with Gasteiger partial charge in [-0.05, 0) is 43.0 Å². The van der Waals surface area contributed by atoms with Gasteiger partial charge in [-0.2, -0.15) is 26.3 Å². The van der Waals surface area contributed by atoms with Gasteiger partial charge in [0.1, 0.15) is 0 Å². The smallest absolute Gasteiger partial charge is 0.416 e. The third-order valence-electron chi connectivity index (χ3n) is 6.51. The monoisotopic (exact) mass is 560 g/mol. The largest absolute Gasteiger partial charge is 0.480 e. The molecule has 13 heteroatoms. The molecule has 0 aromatic heterocycles. The van der Waals surface area contributed by atoms with Crippen molar-refractivity contribution in [3.05, 3.63) is 70.8 Å². The van der Waals surface area contributed by atoms with Gasteiger partial charge in [0, 0.05) is 24.2 Å². The zero-order valence-corrected chi connectivity index (χ0v) is 20.8. The SMILES string of the molecule is COC(=O)CN(CC(=O)O)C1CCN(C(=O)c2cc(C(F)(F)F)cc(C(F)(F)F)c2)C(Cc2ccccc2)C1. The third-order valence-corrected chi connectivity index (χ3v) is 6.51. The zero-order chi connectivity index (χ0) is 29.0. The Kier molecular flexibility index (Phi) is 9.26. The number of piperidine rings is 1. The van der Waals surface area contributed by atoms with E-state index in [1.165, 1.54) is 9.80 Å². The molecule has 0 aliphatic carbocycles. The molecule has 2 aromatic rings. The van der Waals surface area contributed by atoms with Crippen molar-refractivity contribution >= 4 is 17.8 Å². The van der Waals surface area contributed by atoms with E-state index in [2.05, 4.69) is 4.74 Å². The summed E-state index contributed by atoms with van der Waals surface area (Å²) in [5, 5.41) is 9.33. The summed E-state index contributed by atoms with van der Waals surface area (Å²) in [6.45, 7) is -0.938. The van der Waals surface area contributed by atoms with Crippen molar-refractivity contribution in [2.45, 2.75) is 43.7 Å². The molecule has 0 spiro atoms. The van der Waals surface area contributed by atoms with Crippen LogP contribution in [0.25, 0.3) is 0 Å². The van der Waals surface area contributed by atoms with Crippen LogP contribution in [0.1, 0.15) is 39.9 Å². The Morgan fingerprint density at radius 2 is 1.56 bits per heavy atom. The number of benzene rings is 2. The van der Waals surface area contributed by atoms with Crippen LogP contribution in [0.5, 0.6) is 0 Å². The minimum atomic E-state index is -5.11. The van der Waals surface area contributed by atoms with Gasteiger partial charge in [0.15, 0.2) is 0 Å². The molecule has 1 fully saturated rings. The van der Waals surface area contributed by atoms with E-state index in [-0.39, 0.29) is 38.4 Å². The molecular formula is C26H26F6N2O5. The van der Waals surface area contributed by atoms with Gasteiger partial charge in [-0.1, -0.05) is 30.3 Å². The number of halogens is 6. The lowest BCUT2D eigenvalue weighted by Gasteiger charge is -2.43. The maximum atomic E-state index is 13.4. The van der Waals surface area contributed by atoms with Crippen LogP contribution in [0.4, 0.5) is 26.3 Å². The summed E-state index contributed by atoms with van der Waals surface area (Å²) in [4.78, 5) is 39.4. The standard InChI is InChI=1S/C26H26F6N2O5/c1-39-23(37)15-33(14-22(35)36)20-7-8-34(21(13-20)9-16-5-3-2-4-6-16)24(38)17-10-18(25(27,28)29)12-19(11-17)26(30,31)32/h2-6,10-12,20-21H,7-9,13-15H2,1H3,(H,35,36). The van der Waals surface area contributed by atoms with Crippen molar-refractivity contribution in [3.63, 3.8) is 0 Å². The van der Waals surface area contributed by atoms with Crippen LogP contribution >= 0.6 is 0 Å². The molecule has 2 aromatic carbocycles. The highest BCUT2D eigenvalue weighted by molar-refractivity contribution is 5.95. The third kappa shape index (κ3) is 7.94. The molecule has 1 aliphatic rings. The number of hydrogen-bond acceptors (Lipinski definition) is 5.